The van der Waals surface area contributed by atoms with Gasteiger partial charge in [0.25, 0.3) is 0 Å². The number of rotatable bonds is 0. The number of carbonyl (C=O) groups excluding carboxylic acids is 1. The molecule has 16 heavy (non-hydrogen) atoms. The lowest BCUT2D eigenvalue weighted by Gasteiger charge is -2.57. The van der Waals surface area contributed by atoms with Crippen LogP contribution in [0.4, 0.5) is 0 Å². The summed E-state index contributed by atoms with van der Waals surface area (Å²) in [6.07, 6.45) is 3.42. The number of hydrogen-bond acceptors (Lipinski definition) is 1. The highest BCUT2D eigenvalue weighted by Crippen LogP contribution is 2.57. The Hall–Kier alpha value is -0.150. The third-order valence-corrected chi connectivity index (χ3v) is 4.59. The van der Waals surface area contributed by atoms with Gasteiger partial charge in [-0.1, -0.05) is 13.8 Å². The maximum atomic E-state index is 12.2. The van der Waals surface area contributed by atoms with Gasteiger partial charge in [0.2, 0.25) is 0 Å². The molecule has 0 aromatic rings. The molecular formula is C11H18Cl2N2O. The smallest absolute Gasteiger partial charge is 0.145 e. The Labute approximate surface area is 108 Å². The van der Waals surface area contributed by atoms with Gasteiger partial charge in [-0.25, -0.2) is 0 Å². The molecule has 0 unspecified atom stereocenters. The molecule has 4 fully saturated rings. The van der Waals surface area contributed by atoms with E-state index in [9.17, 15) is 10.3 Å². The predicted molar refractivity (Wildman–Crippen MR) is 65.4 cm³/mol. The lowest BCUT2D eigenvalue weighted by molar-refractivity contribution is -0.656. The van der Waals surface area contributed by atoms with E-state index in [0.29, 0.717) is 5.78 Å². The molecular weight excluding hydrogens is 247 g/mol. The van der Waals surface area contributed by atoms with E-state index in [2.05, 4.69) is 13.8 Å². The van der Waals surface area contributed by atoms with Gasteiger partial charge in [-0.15, -0.1) is 24.8 Å². The molecule has 0 spiro atoms. The summed E-state index contributed by atoms with van der Waals surface area (Å²) in [5, 5.41) is 0. The topological polar surface area (TPSA) is 42.4 Å². The maximum absolute atomic E-state index is 12.2. The van der Waals surface area contributed by atoms with Crippen LogP contribution in [0.2, 0.25) is 0 Å². The lowest BCUT2D eigenvalue weighted by atomic mass is 9.50. The van der Waals surface area contributed by atoms with Crippen LogP contribution < -0.4 is 0 Å². The van der Waals surface area contributed by atoms with E-state index in [4.69, 9.17) is 0 Å². The van der Waals surface area contributed by atoms with Gasteiger partial charge >= 0.3 is 0 Å². The van der Waals surface area contributed by atoms with Crippen LogP contribution in [0.3, 0.4) is 0 Å². The second kappa shape index (κ2) is 3.67. The Morgan fingerprint density at radius 2 is 1.38 bits per heavy atom. The van der Waals surface area contributed by atoms with E-state index in [1.165, 1.54) is 4.70 Å². The molecule has 4 aliphatic rings. The van der Waals surface area contributed by atoms with Crippen LogP contribution in [-0.2, 0) is 4.79 Å². The largest absolute Gasteiger partial charge is 0.506 e. The van der Waals surface area contributed by atoms with Crippen molar-refractivity contribution < 1.29 is 9.49 Å². The van der Waals surface area contributed by atoms with Crippen molar-refractivity contribution in [2.75, 3.05) is 0 Å². The average molecular weight is 265 g/mol. The van der Waals surface area contributed by atoms with Crippen LogP contribution >= 0.6 is 24.8 Å². The van der Waals surface area contributed by atoms with E-state index in [-0.39, 0.29) is 47.7 Å². The van der Waals surface area contributed by atoms with Crippen LogP contribution in [0.1, 0.15) is 39.5 Å². The van der Waals surface area contributed by atoms with E-state index >= 15 is 0 Å². The minimum absolute atomic E-state index is 0. The van der Waals surface area contributed by atoms with Crippen molar-refractivity contribution in [1.82, 2.24) is 0 Å². The third-order valence-electron chi connectivity index (χ3n) is 4.59. The molecule has 2 heterocycles. The number of nitrogens with zero attached hydrogens (tertiary/aromatic N) is 2. The Morgan fingerprint density at radius 1 is 1.06 bits per heavy atom. The first-order valence-electron chi connectivity index (χ1n) is 5.47. The van der Waals surface area contributed by atoms with Crippen molar-refractivity contribution in [3.8, 4) is 0 Å². The highest BCUT2D eigenvalue weighted by molar-refractivity contribution is 5.91. The first kappa shape index (κ1) is 13.9. The van der Waals surface area contributed by atoms with Gasteiger partial charge in [-0.05, 0) is 0 Å². The fourth-order valence-corrected chi connectivity index (χ4v) is 4.16. The predicted octanol–water partition coefficient (Wildman–Crippen LogP) is 2.78. The Bertz CT molecular complexity index is 314. The van der Waals surface area contributed by atoms with Crippen molar-refractivity contribution in [2.45, 2.75) is 51.6 Å². The zero-order valence-corrected chi connectivity index (χ0v) is 11.2. The average Bonchev–Trinajstić information content (AvgIpc) is 2.07. The van der Waals surface area contributed by atoms with Crippen molar-refractivity contribution >= 4 is 30.6 Å². The summed E-state index contributed by atoms with van der Waals surface area (Å²) in [6, 6.07) is 0.463. The van der Waals surface area contributed by atoms with E-state index in [0.717, 1.165) is 25.7 Å². The molecule has 0 amide bonds. The summed E-state index contributed by atoms with van der Waals surface area (Å²) in [7, 11) is 0. The molecule has 0 N–H and O–H groups in total. The molecule has 4 rings (SSSR count). The Balaban J connectivity index is 0.000000640. The van der Waals surface area contributed by atoms with Crippen LogP contribution in [0.15, 0.2) is 0 Å². The molecule has 0 atom stereocenters. The Morgan fingerprint density at radius 3 is 1.69 bits per heavy atom. The summed E-state index contributed by atoms with van der Waals surface area (Å²) >= 11 is 0. The van der Waals surface area contributed by atoms with Gasteiger partial charge in [0.1, 0.15) is 17.9 Å². The molecule has 2 aliphatic heterocycles. The zero-order valence-electron chi connectivity index (χ0n) is 9.60. The highest BCUT2D eigenvalue weighted by Gasteiger charge is 2.64. The minimum Gasteiger partial charge on any atom is -0.506 e. The lowest BCUT2D eigenvalue weighted by Crippen LogP contribution is -2.65. The first-order valence-corrected chi connectivity index (χ1v) is 5.47. The summed E-state index contributed by atoms with van der Waals surface area (Å²) < 4.78 is 1.52. The van der Waals surface area contributed by atoms with Crippen LogP contribution in [0.5, 0.6) is 0 Å². The normalized spacial score (nSPS) is 48.6. The van der Waals surface area contributed by atoms with Crippen LogP contribution in [0, 0.1) is 10.8 Å². The van der Waals surface area contributed by atoms with Crippen molar-refractivity contribution in [3.63, 3.8) is 0 Å². The summed E-state index contributed by atoms with van der Waals surface area (Å²) in [5.41, 5.74) is 9.59. The number of ketones is 1. The van der Waals surface area contributed by atoms with E-state index < -0.39 is 0 Å². The molecule has 92 valence electrons. The van der Waals surface area contributed by atoms with Crippen LogP contribution in [0.25, 0.3) is 5.53 Å². The molecule has 4 bridgehead atoms. The second-order valence-corrected chi connectivity index (χ2v) is 5.95. The summed E-state index contributed by atoms with van der Waals surface area (Å²) in [4.78, 5) is 12.2. The molecule has 2 aliphatic carbocycles. The molecule has 3 nitrogen and oxygen atoms in total. The third kappa shape index (κ3) is 1.44. The van der Waals surface area contributed by atoms with Gasteiger partial charge in [0.05, 0.1) is 0 Å². The molecule has 2 saturated carbocycles. The number of piperidine rings is 2. The van der Waals surface area contributed by atoms with E-state index in [1.54, 1.807) is 0 Å². The highest BCUT2D eigenvalue weighted by atomic mass is 35.5. The maximum Gasteiger partial charge on any atom is 0.145 e. The van der Waals surface area contributed by atoms with Gasteiger partial charge < -0.3 is 10.2 Å². The molecule has 0 aromatic carbocycles. The molecule has 2 saturated heterocycles. The molecule has 0 aromatic heterocycles. The summed E-state index contributed by atoms with van der Waals surface area (Å²) in [5.74, 6) is 0.450. The van der Waals surface area contributed by atoms with Gasteiger partial charge in [-0.2, -0.15) is 0 Å². The standard InChI is InChI=1S/C11H16N2O.2ClH/c1-10-3-7-5-11(2,9(10)14)6-8(4-10)13(7)12;;/h7-8H,3-6H2,1-2H3;2*1H. The number of hydrogen-bond donors (Lipinski definition) is 0. The fourth-order valence-electron chi connectivity index (χ4n) is 4.16. The first-order chi connectivity index (χ1) is 6.45. The van der Waals surface area contributed by atoms with Gasteiger partial charge in [0.15, 0.2) is 0 Å². The number of carbonyl (C=O) groups is 1. The molecule has 5 heteroatoms. The van der Waals surface area contributed by atoms with Gasteiger partial charge in [-0.3, -0.25) is 4.79 Å². The van der Waals surface area contributed by atoms with Crippen molar-refractivity contribution in [2.24, 2.45) is 10.8 Å². The SMILES string of the molecule is CC12CC3CC(C)(CC(C1)[N+]3=[N-])C2=O.Cl.Cl. The van der Waals surface area contributed by atoms with Gasteiger partial charge in [0, 0.05) is 36.5 Å². The molecule has 0 radical (unpaired) electrons. The van der Waals surface area contributed by atoms with Crippen LogP contribution in [-0.4, -0.2) is 22.6 Å². The zero-order chi connectivity index (χ0) is 10.1. The number of halogens is 2. The minimum atomic E-state index is -0.139. The second-order valence-electron chi connectivity index (χ2n) is 5.95. The quantitative estimate of drug-likeness (QED) is 0.621. The van der Waals surface area contributed by atoms with Crippen molar-refractivity contribution in [3.05, 3.63) is 5.53 Å². The Kier molecular flexibility index (Phi) is 3.19. The summed E-state index contributed by atoms with van der Waals surface area (Å²) in [6.45, 7) is 4.16. The number of Topliss-reactive ketones (excluding diaryl/α,β-unsaturated/α-hetero) is 1. The van der Waals surface area contributed by atoms with E-state index in [1.807, 2.05) is 0 Å². The fraction of sp³-hybridized carbons (Fsp3) is 0.909. The van der Waals surface area contributed by atoms with Crippen molar-refractivity contribution in [1.29, 1.82) is 0 Å². The monoisotopic (exact) mass is 264 g/mol.